The number of imidazole rings is 1. The van der Waals surface area contributed by atoms with Gasteiger partial charge < -0.3 is 41.3 Å². The molecule has 0 unspecified atom stereocenters. The van der Waals surface area contributed by atoms with Crippen LogP contribution in [-0.2, 0) is 4.74 Å². The summed E-state index contributed by atoms with van der Waals surface area (Å²) in [6, 6.07) is 20.4. The Hall–Kier alpha value is -4.67. The van der Waals surface area contributed by atoms with Crippen LogP contribution in [0.3, 0.4) is 0 Å². The van der Waals surface area contributed by atoms with Gasteiger partial charge in [-0.25, -0.2) is 19.7 Å². The lowest BCUT2D eigenvalue weighted by atomic mass is 9.91. The lowest BCUT2D eigenvalue weighted by Gasteiger charge is -2.30. The Morgan fingerprint density at radius 2 is 1.47 bits per heavy atom. The van der Waals surface area contributed by atoms with Crippen molar-refractivity contribution in [3.63, 3.8) is 0 Å². The third kappa shape index (κ3) is 9.17. The van der Waals surface area contributed by atoms with Crippen molar-refractivity contribution in [2.45, 2.75) is 70.2 Å². The number of aliphatic hydroxyl groups is 3. The second kappa shape index (κ2) is 17.5. The molecule has 3 amide bonds. The number of nitrogens with one attached hydrogen (secondary N) is 4. The molecule has 0 saturated carbocycles. The van der Waals surface area contributed by atoms with Crippen LogP contribution in [0.15, 0.2) is 67.0 Å². The molecular weight excluding hydrogens is 654 g/mol. The van der Waals surface area contributed by atoms with Gasteiger partial charge in [0.25, 0.3) is 5.91 Å². The van der Waals surface area contributed by atoms with E-state index in [1.807, 2.05) is 60.7 Å². The van der Waals surface area contributed by atoms with E-state index in [0.717, 1.165) is 11.1 Å². The van der Waals surface area contributed by atoms with E-state index in [1.165, 1.54) is 10.9 Å². The highest BCUT2D eigenvalue weighted by Crippen LogP contribution is 2.33. The predicted octanol–water partition coefficient (Wildman–Crippen LogP) is 1.83. The van der Waals surface area contributed by atoms with Crippen molar-refractivity contribution in [1.29, 1.82) is 0 Å². The molecule has 1 fully saturated rings. The van der Waals surface area contributed by atoms with Gasteiger partial charge in [-0.2, -0.15) is 0 Å². The van der Waals surface area contributed by atoms with Crippen molar-refractivity contribution in [3.8, 4) is 0 Å². The van der Waals surface area contributed by atoms with E-state index in [9.17, 15) is 24.9 Å². The topological polar surface area (TPSA) is 199 Å². The second-order valence-corrected chi connectivity index (χ2v) is 13.1. The van der Waals surface area contributed by atoms with Crippen molar-refractivity contribution in [2.75, 3.05) is 44.6 Å². The monoisotopic (exact) mass is 703 g/mol. The molecule has 0 aliphatic carbocycles. The molecule has 2 aromatic heterocycles. The summed E-state index contributed by atoms with van der Waals surface area (Å²) in [7, 11) is 0. The van der Waals surface area contributed by atoms with E-state index in [0.29, 0.717) is 37.2 Å². The molecule has 274 valence electrons. The first-order valence-corrected chi connectivity index (χ1v) is 17.3. The average molecular weight is 704 g/mol. The van der Waals surface area contributed by atoms with E-state index in [1.54, 1.807) is 0 Å². The first kappa shape index (κ1) is 37.6. The summed E-state index contributed by atoms with van der Waals surface area (Å²) in [4.78, 5) is 41.6. The van der Waals surface area contributed by atoms with Crippen molar-refractivity contribution in [1.82, 2.24) is 40.4 Å². The summed E-state index contributed by atoms with van der Waals surface area (Å²) in [5, 5.41) is 42.6. The fraction of sp³-hybridized carbons (Fsp3) is 0.472. The van der Waals surface area contributed by atoms with Gasteiger partial charge in [0.15, 0.2) is 23.2 Å². The maximum absolute atomic E-state index is 13.4. The Balaban J connectivity index is 1.33. The van der Waals surface area contributed by atoms with Gasteiger partial charge in [-0.15, -0.1) is 0 Å². The Labute approximate surface area is 297 Å². The molecule has 0 bridgehead atoms. The Morgan fingerprint density at radius 3 is 2.06 bits per heavy atom. The molecule has 3 heterocycles. The maximum Gasteiger partial charge on any atom is 0.314 e. The van der Waals surface area contributed by atoms with Crippen molar-refractivity contribution in [2.24, 2.45) is 0 Å². The zero-order chi connectivity index (χ0) is 36.5. The number of hydrogen-bond donors (Lipinski definition) is 7. The van der Waals surface area contributed by atoms with Crippen LogP contribution in [0.5, 0.6) is 0 Å². The van der Waals surface area contributed by atoms with Crippen LogP contribution < -0.4 is 21.3 Å². The number of carbonyl (C=O) groups is 2. The number of aromatic nitrogens is 4. The summed E-state index contributed by atoms with van der Waals surface area (Å²) in [5.74, 6) is -0.570. The van der Waals surface area contributed by atoms with Crippen LogP contribution in [0.4, 0.5) is 10.6 Å². The Kier molecular flexibility index (Phi) is 12.9. The molecule has 51 heavy (non-hydrogen) atoms. The summed E-state index contributed by atoms with van der Waals surface area (Å²) >= 11 is 0. The number of amides is 3. The van der Waals surface area contributed by atoms with Gasteiger partial charge in [-0.1, -0.05) is 60.7 Å². The van der Waals surface area contributed by atoms with Crippen LogP contribution in [0, 0.1) is 0 Å². The van der Waals surface area contributed by atoms with E-state index in [2.05, 4.69) is 68.8 Å². The highest BCUT2D eigenvalue weighted by molar-refractivity contribution is 5.94. The van der Waals surface area contributed by atoms with Crippen molar-refractivity contribution < 1.29 is 29.6 Å². The standard InChI is InChI=1S/C36H49N9O6/c1-22(2)44(23(3)4)18-17-39-36(50)38-16-15-37-34(49)32-42-31(40-19-26(24-11-7-5-8-12-24)25-13-9-6-10-14-25)28-33(43-32)45(21-41-28)35-30(48)29(47)27(20-46)51-35/h5-14,21-23,26-27,29-30,35,46-48H,15-20H2,1-4H3,(H,37,49)(H2,38,39,50)(H,40,42,43)/t27-,29-,30+,35-/m1/s1. The number of aliphatic hydroxyl groups excluding tert-OH is 3. The molecule has 2 aromatic carbocycles. The zero-order valence-corrected chi connectivity index (χ0v) is 29.4. The van der Waals surface area contributed by atoms with Gasteiger partial charge in [0.1, 0.15) is 18.3 Å². The molecule has 0 radical (unpaired) electrons. The van der Waals surface area contributed by atoms with Gasteiger partial charge in [0.05, 0.1) is 12.9 Å². The average Bonchev–Trinajstić information content (AvgIpc) is 3.68. The fourth-order valence-electron chi connectivity index (χ4n) is 6.34. The smallest absolute Gasteiger partial charge is 0.314 e. The number of fused-ring (bicyclic) bond motifs is 1. The number of hydrogen-bond acceptors (Lipinski definition) is 11. The van der Waals surface area contributed by atoms with E-state index >= 15 is 0 Å². The molecule has 1 aliphatic heterocycles. The number of benzene rings is 2. The molecule has 4 atom stereocenters. The third-order valence-corrected chi connectivity index (χ3v) is 8.97. The van der Waals surface area contributed by atoms with Crippen LogP contribution >= 0.6 is 0 Å². The van der Waals surface area contributed by atoms with Crippen LogP contribution in [0.25, 0.3) is 11.2 Å². The van der Waals surface area contributed by atoms with Gasteiger partial charge >= 0.3 is 6.03 Å². The maximum atomic E-state index is 13.4. The first-order chi connectivity index (χ1) is 24.6. The molecule has 7 N–H and O–H groups in total. The number of ether oxygens (including phenoxy) is 1. The Bertz CT molecular complexity index is 1670. The van der Waals surface area contributed by atoms with E-state index < -0.39 is 37.1 Å². The number of urea groups is 1. The highest BCUT2D eigenvalue weighted by atomic mass is 16.6. The largest absolute Gasteiger partial charge is 0.394 e. The second-order valence-electron chi connectivity index (χ2n) is 13.1. The molecule has 5 rings (SSSR count). The minimum Gasteiger partial charge on any atom is -0.394 e. The molecule has 15 heteroatoms. The number of nitrogens with zero attached hydrogens (tertiary/aromatic N) is 5. The molecular formula is C36H49N9O6. The zero-order valence-electron chi connectivity index (χ0n) is 29.4. The van der Waals surface area contributed by atoms with Crippen molar-refractivity contribution in [3.05, 3.63) is 83.9 Å². The SMILES string of the molecule is CC(C)N(CCNC(=O)NCCNC(=O)c1nc(NCC(c2ccccc2)c2ccccc2)c2ncn([C@@H]3O[C@H](CO)[C@@H](O)[C@@H]3O)c2n1)C(C)C. The van der Waals surface area contributed by atoms with Gasteiger partial charge in [0.2, 0.25) is 5.82 Å². The van der Waals surface area contributed by atoms with Crippen LogP contribution in [0.2, 0.25) is 0 Å². The predicted molar refractivity (Wildman–Crippen MR) is 192 cm³/mol. The lowest BCUT2D eigenvalue weighted by molar-refractivity contribution is -0.0511. The molecule has 15 nitrogen and oxygen atoms in total. The van der Waals surface area contributed by atoms with Crippen molar-refractivity contribution >= 4 is 28.9 Å². The summed E-state index contributed by atoms with van der Waals surface area (Å²) < 4.78 is 7.17. The number of anilines is 1. The van der Waals surface area contributed by atoms with Gasteiger partial charge in [-0.3, -0.25) is 14.3 Å². The number of carbonyl (C=O) groups excluding carboxylic acids is 2. The lowest BCUT2D eigenvalue weighted by Crippen LogP contribution is -2.45. The minimum atomic E-state index is -1.39. The molecule has 1 saturated heterocycles. The summed E-state index contributed by atoms with van der Waals surface area (Å²) in [5.41, 5.74) is 2.64. The quantitative estimate of drug-likeness (QED) is 0.0841. The van der Waals surface area contributed by atoms with E-state index in [4.69, 9.17) is 4.74 Å². The van der Waals surface area contributed by atoms with Crippen LogP contribution in [-0.4, -0.2) is 121 Å². The van der Waals surface area contributed by atoms with Gasteiger partial charge in [-0.05, 0) is 38.8 Å². The van der Waals surface area contributed by atoms with Crippen LogP contribution in [0.1, 0.15) is 61.6 Å². The van der Waals surface area contributed by atoms with Gasteiger partial charge in [0, 0.05) is 50.7 Å². The minimum absolute atomic E-state index is 0.0757. The fourth-order valence-corrected chi connectivity index (χ4v) is 6.34. The molecule has 4 aromatic rings. The summed E-state index contributed by atoms with van der Waals surface area (Å²) in [6.07, 6.45) is -3.48. The number of rotatable bonds is 16. The third-order valence-electron chi connectivity index (χ3n) is 8.97. The first-order valence-electron chi connectivity index (χ1n) is 17.3. The van der Waals surface area contributed by atoms with E-state index in [-0.39, 0.29) is 42.3 Å². The summed E-state index contributed by atoms with van der Waals surface area (Å²) in [6.45, 7) is 9.84. The molecule has 0 spiro atoms. The molecule has 1 aliphatic rings. The highest BCUT2D eigenvalue weighted by Gasteiger charge is 2.44. The normalized spacial score (nSPS) is 19.0. The Morgan fingerprint density at radius 1 is 0.863 bits per heavy atom.